The smallest absolute Gasteiger partial charge is 0.294 e. The average molecular weight is 242 g/mol. The molecule has 0 saturated heterocycles. The van der Waals surface area contributed by atoms with Crippen LogP contribution in [0.5, 0.6) is 5.75 Å². The minimum absolute atomic E-state index is 0.0430. The van der Waals surface area contributed by atoms with Crippen molar-refractivity contribution in [2.24, 2.45) is 0 Å². The number of benzene rings is 2. The quantitative estimate of drug-likeness (QED) is 0.366. The van der Waals surface area contributed by atoms with E-state index in [1.165, 1.54) is 18.2 Å². The van der Waals surface area contributed by atoms with Crippen LogP contribution in [0.25, 0.3) is 22.1 Å². The number of aromatic hydroxyl groups is 1. The van der Waals surface area contributed by atoms with Gasteiger partial charge in [0.2, 0.25) is 0 Å². The number of rotatable bonds is 0. The van der Waals surface area contributed by atoms with Gasteiger partial charge in [0, 0.05) is 18.2 Å². The lowest BCUT2D eigenvalue weighted by Crippen LogP contribution is -2.39. The molecule has 0 fully saturated rings. The average Bonchev–Trinajstić information content (AvgIpc) is 2.36. The normalized spacial score (nSPS) is 11.2. The largest absolute Gasteiger partial charge is 0.617 e. The van der Waals surface area contributed by atoms with Crippen LogP contribution < -0.4 is 9.46 Å². The molecule has 0 aliphatic heterocycles. The molecule has 0 saturated carbocycles. The summed E-state index contributed by atoms with van der Waals surface area (Å²) < 4.78 is 1.38. The van der Waals surface area contributed by atoms with Gasteiger partial charge in [0.05, 0.1) is 6.07 Å². The number of hydrogen-bond acceptors (Lipinski definition) is 3. The molecule has 2 aromatic carbocycles. The molecule has 5 heteroatoms. The Bertz CT molecular complexity index is 717. The van der Waals surface area contributed by atoms with Crippen molar-refractivity contribution in [1.29, 1.82) is 0 Å². The van der Waals surface area contributed by atoms with Crippen LogP contribution in [-0.2, 0) is 0 Å². The molecule has 90 valence electrons. The van der Waals surface area contributed by atoms with E-state index in [-0.39, 0.29) is 22.3 Å². The Morgan fingerprint density at radius 3 is 2.06 bits per heavy atom. The zero-order valence-electron chi connectivity index (χ0n) is 9.62. The molecule has 0 bridgehead atoms. The molecule has 5 nitrogen and oxygen atoms in total. The van der Waals surface area contributed by atoms with E-state index in [2.05, 4.69) is 0 Å². The van der Waals surface area contributed by atoms with Crippen molar-refractivity contribution >= 4 is 22.1 Å². The third-order valence-electron chi connectivity index (χ3n) is 2.97. The van der Waals surface area contributed by atoms with Gasteiger partial charge in [-0.1, -0.05) is 6.07 Å². The summed E-state index contributed by atoms with van der Waals surface area (Å²) in [4.78, 5) is 0. The minimum atomic E-state index is -0.0430. The molecule has 1 aromatic heterocycles. The number of phenolic OH excluding ortho intramolecular Hbond substituents is 1. The molecule has 0 aliphatic carbocycles. The first-order valence-corrected chi connectivity index (χ1v) is 5.46. The highest BCUT2D eigenvalue weighted by atomic mass is 16.5. The van der Waals surface area contributed by atoms with Gasteiger partial charge in [0.1, 0.15) is 5.75 Å². The number of phenols is 1. The summed E-state index contributed by atoms with van der Waals surface area (Å²) >= 11 is 0. The lowest BCUT2D eigenvalue weighted by atomic mass is 10.2. The molecule has 3 aromatic rings. The monoisotopic (exact) mass is 242 g/mol. The highest BCUT2D eigenvalue weighted by molar-refractivity contribution is 5.77. The molecule has 0 amide bonds. The first kappa shape index (κ1) is 10.6. The van der Waals surface area contributed by atoms with Crippen molar-refractivity contribution < 1.29 is 14.6 Å². The number of fused-ring (bicyclic) bond motifs is 2. The van der Waals surface area contributed by atoms with Crippen LogP contribution in [-0.4, -0.2) is 5.11 Å². The molecule has 1 heterocycles. The lowest BCUT2D eigenvalue weighted by Gasteiger charge is -2.07. The van der Waals surface area contributed by atoms with E-state index in [1.54, 1.807) is 18.2 Å². The van der Waals surface area contributed by atoms with Crippen LogP contribution >= 0.6 is 0 Å². The molecule has 0 atom stereocenters. The summed E-state index contributed by atoms with van der Waals surface area (Å²) in [6.45, 7) is 1.86. The van der Waals surface area contributed by atoms with Gasteiger partial charge in [-0.25, -0.2) is 0 Å². The second-order valence-corrected chi connectivity index (χ2v) is 4.25. The number of aryl methyl sites for hydroxylation is 1. The fraction of sp³-hybridized carbons (Fsp3) is 0.0769. The number of hydrogen-bond donors (Lipinski definition) is 1. The van der Waals surface area contributed by atoms with E-state index in [1.807, 2.05) is 6.92 Å². The maximum atomic E-state index is 12.2. The van der Waals surface area contributed by atoms with Crippen molar-refractivity contribution in [2.45, 2.75) is 6.92 Å². The summed E-state index contributed by atoms with van der Waals surface area (Å²) in [5.41, 5.74) is 1.91. The standard InChI is InChI=1S/C13H10N2O3/c1-8-2-4-10-12(6-8)14(17)11-5-3-9(16)7-13(11)15(10)18/h2-7,16H,1H3. The molecule has 3 rings (SSSR count). The van der Waals surface area contributed by atoms with Crippen molar-refractivity contribution in [2.75, 3.05) is 0 Å². The zero-order valence-corrected chi connectivity index (χ0v) is 9.62. The first-order chi connectivity index (χ1) is 8.58. The third-order valence-corrected chi connectivity index (χ3v) is 2.97. The van der Waals surface area contributed by atoms with Crippen LogP contribution in [0, 0.1) is 17.3 Å². The molecule has 1 N–H and O–H groups in total. The predicted molar refractivity (Wildman–Crippen MR) is 65.8 cm³/mol. The SMILES string of the molecule is Cc1ccc2c(c1)[n+]([O-])c1ccc(O)cc1[n+]2[O-]. The molecule has 0 radical (unpaired) electrons. The number of aromatic nitrogens is 2. The van der Waals surface area contributed by atoms with E-state index < -0.39 is 0 Å². The van der Waals surface area contributed by atoms with Crippen molar-refractivity contribution in [3.8, 4) is 5.75 Å². The topological polar surface area (TPSA) is 74.1 Å². The highest BCUT2D eigenvalue weighted by Gasteiger charge is 2.21. The highest BCUT2D eigenvalue weighted by Crippen LogP contribution is 2.17. The van der Waals surface area contributed by atoms with Gasteiger partial charge >= 0.3 is 0 Å². The number of nitrogens with zero attached hydrogens (tertiary/aromatic N) is 2. The Morgan fingerprint density at radius 2 is 1.39 bits per heavy atom. The molecule has 0 aliphatic rings. The van der Waals surface area contributed by atoms with E-state index in [0.717, 1.165) is 5.56 Å². The second kappa shape index (κ2) is 3.46. The van der Waals surface area contributed by atoms with Gasteiger partial charge in [-0.15, -0.1) is 0 Å². The van der Waals surface area contributed by atoms with E-state index in [9.17, 15) is 15.5 Å². The van der Waals surface area contributed by atoms with Crippen molar-refractivity contribution in [3.05, 3.63) is 52.4 Å². The van der Waals surface area contributed by atoms with Gasteiger partial charge in [0.25, 0.3) is 22.1 Å². The Labute approximate surface area is 102 Å². The van der Waals surface area contributed by atoms with E-state index >= 15 is 0 Å². The van der Waals surface area contributed by atoms with Gasteiger partial charge < -0.3 is 15.5 Å². The second-order valence-electron chi connectivity index (χ2n) is 4.25. The van der Waals surface area contributed by atoms with Crippen LogP contribution in [0.1, 0.15) is 5.56 Å². The fourth-order valence-corrected chi connectivity index (χ4v) is 2.07. The minimum Gasteiger partial charge on any atom is -0.617 e. The summed E-state index contributed by atoms with van der Waals surface area (Å²) in [7, 11) is 0. The van der Waals surface area contributed by atoms with Crippen molar-refractivity contribution in [1.82, 2.24) is 0 Å². The maximum absolute atomic E-state index is 12.2. The van der Waals surface area contributed by atoms with Gasteiger partial charge in [-0.3, -0.25) is 0 Å². The van der Waals surface area contributed by atoms with Crippen LogP contribution in [0.2, 0.25) is 0 Å². The van der Waals surface area contributed by atoms with Gasteiger partial charge in [-0.05, 0) is 18.6 Å². The maximum Gasteiger partial charge on any atom is 0.294 e. The van der Waals surface area contributed by atoms with Gasteiger partial charge in [0.15, 0.2) is 0 Å². The predicted octanol–water partition coefficient (Wildman–Crippen LogP) is 1.27. The Balaban J connectivity index is 2.60. The molecular weight excluding hydrogens is 232 g/mol. The Morgan fingerprint density at radius 1 is 0.833 bits per heavy atom. The molecule has 18 heavy (non-hydrogen) atoms. The molecule has 0 spiro atoms. The molecule has 0 unspecified atom stereocenters. The Hall–Kier alpha value is -2.56. The van der Waals surface area contributed by atoms with E-state index in [0.29, 0.717) is 15.0 Å². The van der Waals surface area contributed by atoms with E-state index in [4.69, 9.17) is 0 Å². The van der Waals surface area contributed by atoms with Crippen LogP contribution in [0.3, 0.4) is 0 Å². The van der Waals surface area contributed by atoms with Crippen LogP contribution in [0.15, 0.2) is 36.4 Å². The fourth-order valence-electron chi connectivity index (χ4n) is 2.07. The Kier molecular flexibility index (Phi) is 2.04. The lowest BCUT2D eigenvalue weighted by molar-refractivity contribution is -0.591. The van der Waals surface area contributed by atoms with Crippen LogP contribution in [0.4, 0.5) is 0 Å². The van der Waals surface area contributed by atoms with Gasteiger partial charge in [-0.2, -0.15) is 9.46 Å². The summed E-state index contributed by atoms with van der Waals surface area (Å²) in [5.74, 6) is -0.0430. The zero-order chi connectivity index (χ0) is 12.9. The van der Waals surface area contributed by atoms with Crippen molar-refractivity contribution in [3.63, 3.8) is 0 Å². The third kappa shape index (κ3) is 1.34. The summed E-state index contributed by atoms with van der Waals surface area (Å²) in [6, 6.07) is 9.16. The first-order valence-electron chi connectivity index (χ1n) is 5.46. The summed E-state index contributed by atoms with van der Waals surface area (Å²) in [6.07, 6.45) is 0. The summed E-state index contributed by atoms with van der Waals surface area (Å²) in [5, 5.41) is 33.7. The molecular formula is C13H10N2O3.